The van der Waals surface area contributed by atoms with Crippen molar-refractivity contribution in [3.8, 4) is 11.3 Å². The minimum absolute atomic E-state index is 0.0506. The Hall–Kier alpha value is -2.19. The maximum atomic E-state index is 13.4. The number of amides is 1. The molecule has 4 rings (SSSR count). The number of anilines is 1. The van der Waals surface area contributed by atoms with Crippen LogP contribution in [0.4, 0.5) is 5.82 Å². The second-order valence-corrected chi connectivity index (χ2v) is 10.3. The standard InChI is InChI=1S/C25H31N3O3S2/c1-3-31-25(30)19-10-12-27(13-11-19)23-21(24(29)28-14-16-33-17-15-28)8-9-22(26-23)18-4-6-20(32-2)7-5-18/h4-9,19H,3,10-17H2,1-2H3. The highest BCUT2D eigenvalue weighted by atomic mass is 32.2. The predicted octanol–water partition coefficient (Wildman–Crippen LogP) is 4.44. The summed E-state index contributed by atoms with van der Waals surface area (Å²) >= 11 is 3.60. The topological polar surface area (TPSA) is 62.7 Å². The van der Waals surface area contributed by atoms with Gasteiger partial charge < -0.3 is 14.5 Å². The smallest absolute Gasteiger partial charge is 0.309 e. The Kier molecular flexibility index (Phi) is 8.20. The van der Waals surface area contributed by atoms with Gasteiger partial charge in [-0.15, -0.1) is 11.8 Å². The van der Waals surface area contributed by atoms with Crippen molar-refractivity contribution in [3.05, 3.63) is 42.0 Å². The summed E-state index contributed by atoms with van der Waals surface area (Å²) in [5.41, 5.74) is 2.54. The second-order valence-electron chi connectivity index (χ2n) is 8.21. The van der Waals surface area contributed by atoms with Crippen molar-refractivity contribution in [2.75, 3.05) is 55.4 Å². The molecule has 1 amide bonds. The van der Waals surface area contributed by atoms with Gasteiger partial charge in [0.1, 0.15) is 5.82 Å². The van der Waals surface area contributed by atoms with E-state index in [1.165, 1.54) is 4.90 Å². The van der Waals surface area contributed by atoms with Crippen molar-refractivity contribution in [3.63, 3.8) is 0 Å². The van der Waals surface area contributed by atoms with E-state index in [0.717, 1.165) is 41.7 Å². The average molecular weight is 486 g/mol. The van der Waals surface area contributed by atoms with Crippen molar-refractivity contribution in [2.45, 2.75) is 24.7 Å². The van der Waals surface area contributed by atoms with Crippen LogP contribution in [-0.2, 0) is 9.53 Å². The van der Waals surface area contributed by atoms with Gasteiger partial charge >= 0.3 is 5.97 Å². The number of carbonyl (C=O) groups is 2. The van der Waals surface area contributed by atoms with Gasteiger partial charge in [-0.3, -0.25) is 9.59 Å². The quantitative estimate of drug-likeness (QED) is 0.443. The third kappa shape index (κ3) is 5.66. The summed E-state index contributed by atoms with van der Waals surface area (Å²) in [5.74, 6) is 2.52. The van der Waals surface area contributed by atoms with E-state index >= 15 is 0 Å². The highest BCUT2D eigenvalue weighted by molar-refractivity contribution is 7.99. The molecule has 0 spiro atoms. The highest BCUT2D eigenvalue weighted by Gasteiger charge is 2.30. The molecular formula is C25H31N3O3S2. The SMILES string of the molecule is CCOC(=O)C1CCN(c2nc(-c3ccc(SC)cc3)ccc2C(=O)N2CCSCC2)CC1. The molecule has 33 heavy (non-hydrogen) atoms. The molecule has 0 atom stereocenters. The van der Waals surface area contributed by atoms with Gasteiger partial charge in [0.25, 0.3) is 5.91 Å². The van der Waals surface area contributed by atoms with Crippen LogP contribution in [0.3, 0.4) is 0 Å². The van der Waals surface area contributed by atoms with Crippen molar-refractivity contribution < 1.29 is 14.3 Å². The molecule has 2 fully saturated rings. The Labute approximate surface area is 204 Å². The van der Waals surface area contributed by atoms with Gasteiger partial charge in [0.2, 0.25) is 0 Å². The Bertz CT molecular complexity index is 969. The van der Waals surface area contributed by atoms with Crippen molar-refractivity contribution in [2.24, 2.45) is 5.92 Å². The Morgan fingerprint density at radius 2 is 1.76 bits per heavy atom. The first-order chi connectivity index (χ1) is 16.1. The van der Waals surface area contributed by atoms with E-state index < -0.39 is 0 Å². The fourth-order valence-electron chi connectivity index (χ4n) is 4.30. The molecule has 0 aliphatic carbocycles. The number of esters is 1. The lowest BCUT2D eigenvalue weighted by atomic mass is 9.96. The Balaban J connectivity index is 1.62. The zero-order chi connectivity index (χ0) is 23.2. The van der Waals surface area contributed by atoms with Crippen LogP contribution in [0, 0.1) is 5.92 Å². The van der Waals surface area contributed by atoms with E-state index in [0.29, 0.717) is 38.1 Å². The fourth-order valence-corrected chi connectivity index (χ4v) is 5.61. The van der Waals surface area contributed by atoms with Crippen LogP contribution in [0.1, 0.15) is 30.1 Å². The van der Waals surface area contributed by atoms with E-state index in [2.05, 4.69) is 35.4 Å². The molecule has 0 bridgehead atoms. The minimum atomic E-state index is -0.116. The summed E-state index contributed by atoms with van der Waals surface area (Å²) in [6.07, 6.45) is 3.48. The number of ether oxygens (including phenoxy) is 1. The third-order valence-corrected chi connectivity index (χ3v) is 7.89. The van der Waals surface area contributed by atoms with E-state index in [9.17, 15) is 9.59 Å². The number of thioether (sulfide) groups is 2. The molecular weight excluding hydrogens is 454 g/mol. The summed E-state index contributed by atoms with van der Waals surface area (Å²) < 4.78 is 5.22. The molecule has 1 aromatic carbocycles. The number of rotatable bonds is 6. The van der Waals surface area contributed by atoms with Crippen molar-refractivity contribution in [1.29, 1.82) is 0 Å². The number of aromatic nitrogens is 1. The number of benzene rings is 1. The van der Waals surface area contributed by atoms with Crippen LogP contribution < -0.4 is 4.90 Å². The molecule has 2 aliphatic rings. The normalized spacial score (nSPS) is 17.2. The molecule has 0 N–H and O–H groups in total. The maximum Gasteiger partial charge on any atom is 0.309 e. The fraction of sp³-hybridized carbons (Fsp3) is 0.480. The number of hydrogen-bond acceptors (Lipinski definition) is 7. The zero-order valence-electron chi connectivity index (χ0n) is 19.3. The summed E-state index contributed by atoms with van der Waals surface area (Å²) in [6.45, 7) is 5.15. The van der Waals surface area contributed by atoms with Crippen LogP contribution in [0.2, 0.25) is 0 Å². The molecule has 0 unspecified atom stereocenters. The molecule has 8 heteroatoms. The zero-order valence-corrected chi connectivity index (χ0v) is 20.9. The van der Waals surface area contributed by atoms with E-state index in [4.69, 9.17) is 9.72 Å². The number of pyridine rings is 1. The second kappa shape index (κ2) is 11.3. The molecule has 0 saturated carbocycles. The number of carbonyl (C=O) groups excluding carboxylic acids is 2. The first-order valence-corrected chi connectivity index (χ1v) is 13.9. The van der Waals surface area contributed by atoms with Gasteiger partial charge in [-0.2, -0.15) is 11.8 Å². The molecule has 3 heterocycles. The monoisotopic (exact) mass is 485 g/mol. The minimum Gasteiger partial charge on any atom is -0.466 e. The van der Waals surface area contributed by atoms with E-state index in [-0.39, 0.29) is 17.8 Å². The van der Waals surface area contributed by atoms with Gasteiger partial charge in [-0.1, -0.05) is 12.1 Å². The number of piperidine rings is 1. The van der Waals surface area contributed by atoms with Gasteiger partial charge in [0, 0.05) is 48.1 Å². The summed E-state index contributed by atoms with van der Waals surface area (Å²) in [5, 5.41) is 0. The maximum absolute atomic E-state index is 13.4. The van der Waals surface area contributed by atoms with Crippen LogP contribution in [0.5, 0.6) is 0 Å². The third-order valence-electron chi connectivity index (χ3n) is 6.20. The van der Waals surface area contributed by atoms with Crippen LogP contribution in [0.25, 0.3) is 11.3 Å². The number of hydrogen-bond donors (Lipinski definition) is 0. The average Bonchev–Trinajstić information content (AvgIpc) is 2.89. The lowest BCUT2D eigenvalue weighted by molar-refractivity contribution is -0.148. The molecule has 0 radical (unpaired) electrons. The largest absolute Gasteiger partial charge is 0.466 e. The van der Waals surface area contributed by atoms with Gasteiger partial charge in [0.15, 0.2) is 0 Å². The van der Waals surface area contributed by atoms with Crippen LogP contribution >= 0.6 is 23.5 Å². The molecule has 2 saturated heterocycles. The predicted molar refractivity (Wildman–Crippen MR) is 136 cm³/mol. The van der Waals surface area contributed by atoms with Crippen LogP contribution in [-0.4, -0.2) is 72.3 Å². The summed E-state index contributed by atoms with van der Waals surface area (Å²) in [7, 11) is 0. The molecule has 1 aromatic heterocycles. The van der Waals surface area contributed by atoms with Gasteiger partial charge in [-0.25, -0.2) is 4.98 Å². The highest BCUT2D eigenvalue weighted by Crippen LogP contribution is 2.30. The summed E-state index contributed by atoms with van der Waals surface area (Å²) in [4.78, 5) is 35.9. The first-order valence-electron chi connectivity index (χ1n) is 11.5. The molecule has 6 nitrogen and oxygen atoms in total. The van der Waals surface area contributed by atoms with Gasteiger partial charge in [0.05, 0.1) is 23.8 Å². The summed E-state index contributed by atoms with van der Waals surface area (Å²) in [6, 6.07) is 12.2. The molecule has 2 aromatic rings. The van der Waals surface area contributed by atoms with E-state index in [1.54, 1.807) is 11.8 Å². The lowest BCUT2D eigenvalue weighted by Crippen LogP contribution is -2.41. The Morgan fingerprint density at radius 1 is 1.06 bits per heavy atom. The van der Waals surface area contributed by atoms with Crippen molar-refractivity contribution >= 4 is 41.2 Å². The van der Waals surface area contributed by atoms with Crippen LogP contribution in [0.15, 0.2) is 41.3 Å². The lowest BCUT2D eigenvalue weighted by Gasteiger charge is -2.34. The molecule has 2 aliphatic heterocycles. The Morgan fingerprint density at radius 3 is 2.39 bits per heavy atom. The molecule has 176 valence electrons. The number of nitrogens with zero attached hydrogens (tertiary/aromatic N) is 3. The van der Waals surface area contributed by atoms with E-state index in [1.807, 2.05) is 35.7 Å². The first kappa shape index (κ1) is 24.0. The van der Waals surface area contributed by atoms with Crippen molar-refractivity contribution in [1.82, 2.24) is 9.88 Å². The van der Waals surface area contributed by atoms with Gasteiger partial charge in [-0.05, 0) is 50.3 Å².